The Balaban J connectivity index is 1.85. The average molecular weight is 483 g/mol. The zero-order chi connectivity index (χ0) is 24.3. The van der Waals surface area contributed by atoms with Crippen molar-refractivity contribution in [3.63, 3.8) is 0 Å². The van der Waals surface area contributed by atoms with E-state index in [0.29, 0.717) is 17.0 Å². The highest BCUT2D eigenvalue weighted by Gasteiger charge is 2.46. The minimum Gasteiger partial charge on any atom is -0.397 e. The largest absolute Gasteiger partial charge is 0.397 e. The number of hydrogen-bond donors (Lipinski definition) is 5. The Morgan fingerprint density at radius 2 is 1.91 bits per heavy atom. The molecule has 5 unspecified atom stereocenters. The van der Waals surface area contributed by atoms with Gasteiger partial charge in [0, 0.05) is 22.9 Å². The van der Waals surface area contributed by atoms with Gasteiger partial charge in [-0.3, -0.25) is 0 Å². The van der Waals surface area contributed by atoms with E-state index < -0.39 is 53.8 Å². The Labute approximate surface area is 190 Å². The molecule has 1 fully saturated rings. The molecule has 2 aromatic rings. The summed E-state index contributed by atoms with van der Waals surface area (Å²) >= 11 is 1.01. The number of hydrogen-bond acceptors (Lipinski definition) is 10. The van der Waals surface area contributed by atoms with Gasteiger partial charge < -0.3 is 30.8 Å². The number of halogens is 3. The third-order valence-corrected chi connectivity index (χ3v) is 6.04. The molecule has 176 valence electrons. The van der Waals surface area contributed by atoms with Gasteiger partial charge >= 0.3 is 0 Å². The standard InChI is InChI=1S/C20H20F3N5O4S/c21-12-3-9(4-13(22)16(12)23)14(25)7-28(26)17-18(30)15(8-29)32-20(19(17)31)33-11-2-1-10(5-24)27-6-11/h1-4,6-7,15,17-20,29-31H,8,25-26H2/b14-7-. The maximum atomic E-state index is 13.5. The van der Waals surface area contributed by atoms with E-state index in [0.717, 1.165) is 23.0 Å². The van der Waals surface area contributed by atoms with Crippen LogP contribution in [0.15, 0.2) is 41.6 Å². The zero-order valence-electron chi connectivity index (χ0n) is 16.8. The molecule has 1 saturated heterocycles. The van der Waals surface area contributed by atoms with Gasteiger partial charge in [0.05, 0.1) is 12.3 Å². The molecule has 3 rings (SSSR count). The van der Waals surface area contributed by atoms with Crippen molar-refractivity contribution in [2.45, 2.75) is 34.7 Å². The summed E-state index contributed by atoms with van der Waals surface area (Å²) in [7, 11) is 0. The lowest BCUT2D eigenvalue weighted by atomic mass is 9.96. The number of aliphatic hydroxyl groups is 3. The van der Waals surface area contributed by atoms with Gasteiger partial charge in [-0.2, -0.15) is 5.26 Å². The van der Waals surface area contributed by atoms with Crippen molar-refractivity contribution in [3.05, 3.63) is 65.4 Å². The molecule has 9 nitrogen and oxygen atoms in total. The maximum absolute atomic E-state index is 13.5. The zero-order valence-corrected chi connectivity index (χ0v) is 17.7. The summed E-state index contributed by atoms with van der Waals surface area (Å²) in [6.07, 6.45) is -1.64. The van der Waals surface area contributed by atoms with E-state index in [9.17, 15) is 28.5 Å². The van der Waals surface area contributed by atoms with Gasteiger partial charge in [-0.1, -0.05) is 11.8 Å². The topological polar surface area (TPSA) is 162 Å². The molecule has 0 radical (unpaired) electrons. The molecule has 1 aromatic carbocycles. The first-order valence-electron chi connectivity index (χ1n) is 9.46. The molecule has 0 spiro atoms. The molecule has 0 amide bonds. The number of hydrazine groups is 1. The van der Waals surface area contributed by atoms with Gasteiger partial charge in [-0.15, -0.1) is 0 Å². The molecule has 13 heteroatoms. The number of ether oxygens (including phenoxy) is 1. The first-order chi connectivity index (χ1) is 15.7. The number of aromatic nitrogens is 1. The highest BCUT2D eigenvalue weighted by Crippen LogP contribution is 2.34. The Hall–Kier alpha value is -2.86. The molecule has 7 N–H and O–H groups in total. The molecule has 0 aliphatic carbocycles. The van der Waals surface area contributed by atoms with Crippen LogP contribution in [-0.2, 0) is 4.74 Å². The second-order valence-corrected chi connectivity index (χ2v) is 8.26. The highest BCUT2D eigenvalue weighted by molar-refractivity contribution is 7.99. The number of pyridine rings is 1. The van der Waals surface area contributed by atoms with Crippen molar-refractivity contribution < 1.29 is 33.2 Å². The van der Waals surface area contributed by atoms with Crippen molar-refractivity contribution in [2.75, 3.05) is 6.61 Å². The van der Waals surface area contributed by atoms with Crippen LogP contribution < -0.4 is 11.6 Å². The van der Waals surface area contributed by atoms with Crippen LogP contribution in [0.3, 0.4) is 0 Å². The molecule has 1 aliphatic rings. The summed E-state index contributed by atoms with van der Waals surface area (Å²) in [5.41, 5.74) is 4.51. The Morgan fingerprint density at radius 3 is 2.45 bits per heavy atom. The monoisotopic (exact) mass is 483 g/mol. The fourth-order valence-corrected chi connectivity index (χ4v) is 4.24. The van der Waals surface area contributed by atoms with Crippen LogP contribution >= 0.6 is 11.8 Å². The molecule has 1 aromatic heterocycles. The lowest BCUT2D eigenvalue weighted by molar-refractivity contribution is -0.184. The molecule has 5 atom stereocenters. The Kier molecular flexibility index (Phi) is 7.80. The van der Waals surface area contributed by atoms with Crippen LogP contribution in [0.4, 0.5) is 13.2 Å². The first kappa shape index (κ1) is 24.8. The van der Waals surface area contributed by atoms with Crippen molar-refractivity contribution >= 4 is 17.5 Å². The SMILES string of the molecule is N#Cc1ccc(SC2OC(CO)C(O)C(N(N)/C=C(\N)c3cc(F)c(F)c(F)c3)C2O)cn1. The summed E-state index contributed by atoms with van der Waals surface area (Å²) in [6, 6.07) is 5.00. The fraction of sp³-hybridized carbons (Fsp3) is 0.300. The number of benzene rings is 1. The van der Waals surface area contributed by atoms with E-state index in [1.807, 2.05) is 6.07 Å². The molecular weight excluding hydrogens is 463 g/mol. The minimum absolute atomic E-state index is 0.188. The number of nitriles is 1. The highest BCUT2D eigenvalue weighted by atomic mass is 32.2. The normalized spacial score (nSPS) is 25.5. The predicted molar refractivity (Wildman–Crippen MR) is 111 cm³/mol. The molecule has 33 heavy (non-hydrogen) atoms. The van der Waals surface area contributed by atoms with Crippen molar-refractivity contribution in [3.8, 4) is 6.07 Å². The van der Waals surface area contributed by atoms with Crippen LogP contribution in [0, 0.1) is 28.8 Å². The number of thioether (sulfide) groups is 1. The summed E-state index contributed by atoms with van der Waals surface area (Å²) in [6.45, 7) is -0.603. The molecule has 2 heterocycles. The second kappa shape index (κ2) is 10.4. The lowest BCUT2D eigenvalue weighted by Crippen LogP contribution is -2.64. The van der Waals surface area contributed by atoms with E-state index >= 15 is 0 Å². The number of aliphatic hydroxyl groups excluding tert-OH is 3. The fourth-order valence-electron chi connectivity index (χ4n) is 3.21. The molecule has 0 bridgehead atoms. The quantitative estimate of drug-likeness (QED) is 0.221. The molecular formula is C20H20F3N5O4S. The Bertz CT molecular complexity index is 1050. The lowest BCUT2D eigenvalue weighted by Gasteiger charge is -2.45. The van der Waals surface area contributed by atoms with Crippen LogP contribution in [0.1, 0.15) is 11.3 Å². The van der Waals surface area contributed by atoms with E-state index in [2.05, 4.69) is 4.98 Å². The first-order valence-corrected chi connectivity index (χ1v) is 10.3. The van der Waals surface area contributed by atoms with Crippen molar-refractivity contribution in [1.82, 2.24) is 9.99 Å². The summed E-state index contributed by atoms with van der Waals surface area (Å²) < 4.78 is 45.8. The summed E-state index contributed by atoms with van der Waals surface area (Å²) in [5.74, 6) is 1.42. The van der Waals surface area contributed by atoms with Gasteiger partial charge in [0.1, 0.15) is 41.6 Å². The molecule has 0 saturated carbocycles. The minimum atomic E-state index is -1.66. The number of nitrogens with zero attached hydrogens (tertiary/aromatic N) is 3. The van der Waals surface area contributed by atoms with E-state index in [-0.39, 0.29) is 17.0 Å². The predicted octanol–water partition coefficient (Wildman–Crippen LogP) is 0.403. The van der Waals surface area contributed by atoms with E-state index in [4.69, 9.17) is 21.6 Å². The average Bonchev–Trinajstić information content (AvgIpc) is 2.79. The third-order valence-electron chi connectivity index (χ3n) is 4.90. The van der Waals surface area contributed by atoms with Crippen LogP contribution in [0.2, 0.25) is 0 Å². The van der Waals surface area contributed by atoms with Crippen LogP contribution in [0.5, 0.6) is 0 Å². The Morgan fingerprint density at radius 1 is 1.24 bits per heavy atom. The second-order valence-electron chi connectivity index (χ2n) is 7.09. The van der Waals surface area contributed by atoms with Gasteiger partial charge in [0.2, 0.25) is 0 Å². The maximum Gasteiger partial charge on any atom is 0.194 e. The van der Waals surface area contributed by atoms with Crippen molar-refractivity contribution in [2.24, 2.45) is 11.6 Å². The van der Waals surface area contributed by atoms with Gasteiger partial charge in [0.25, 0.3) is 0 Å². The molecule has 1 aliphatic heterocycles. The van der Waals surface area contributed by atoms with Gasteiger partial charge in [0.15, 0.2) is 17.5 Å². The van der Waals surface area contributed by atoms with E-state index in [1.165, 1.54) is 12.3 Å². The third kappa shape index (κ3) is 5.38. The van der Waals surface area contributed by atoms with E-state index in [1.54, 1.807) is 6.07 Å². The number of rotatable bonds is 6. The summed E-state index contributed by atoms with van der Waals surface area (Å²) in [4.78, 5) is 4.45. The van der Waals surface area contributed by atoms with Gasteiger partial charge in [-0.05, 0) is 24.3 Å². The summed E-state index contributed by atoms with van der Waals surface area (Å²) in [5, 5.41) is 40.7. The van der Waals surface area contributed by atoms with Crippen LogP contribution in [-0.4, -0.2) is 61.7 Å². The van der Waals surface area contributed by atoms with Gasteiger partial charge in [-0.25, -0.2) is 24.0 Å². The number of nitrogens with two attached hydrogens (primary N) is 2. The smallest absolute Gasteiger partial charge is 0.194 e. The van der Waals surface area contributed by atoms with Crippen molar-refractivity contribution in [1.29, 1.82) is 5.26 Å². The van der Waals surface area contributed by atoms with Crippen LogP contribution in [0.25, 0.3) is 5.70 Å².